The third-order valence-corrected chi connectivity index (χ3v) is 3.95. The van der Waals surface area contributed by atoms with Crippen molar-refractivity contribution in [2.45, 2.75) is 31.9 Å². The van der Waals surface area contributed by atoms with Gasteiger partial charge in [0, 0.05) is 0 Å². The topological polar surface area (TPSA) is 66.9 Å². The molecule has 0 bridgehead atoms. The zero-order chi connectivity index (χ0) is 17.4. The first-order valence-corrected chi connectivity index (χ1v) is 7.22. The fourth-order valence-corrected chi connectivity index (χ4v) is 2.79. The molecule has 2 heterocycles. The van der Waals surface area contributed by atoms with Crippen molar-refractivity contribution in [1.29, 1.82) is 0 Å². The molecule has 0 amide bonds. The number of hydrogen-bond donors (Lipinski definition) is 2. The van der Waals surface area contributed by atoms with Gasteiger partial charge < -0.3 is 5.32 Å². The Morgan fingerprint density at radius 1 is 1.21 bits per heavy atom. The van der Waals surface area contributed by atoms with Crippen molar-refractivity contribution >= 4 is 5.82 Å². The molecular weight excluding hydrogens is 330 g/mol. The molecular formula is C15H13F4N3O2. The van der Waals surface area contributed by atoms with E-state index in [2.05, 4.69) is 10.3 Å². The van der Waals surface area contributed by atoms with Crippen molar-refractivity contribution in [2.75, 3.05) is 5.32 Å². The summed E-state index contributed by atoms with van der Waals surface area (Å²) < 4.78 is 51.8. The second-order valence-electron chi connectivity index (χ2n) is 5.50. The maximum atomic E-state index is 13.3. The van der Waals surface area contributed by atoms with Gasteiger partial charge in [-0.25, -0.2) is 22.4 Å². The summed E-state index contributed by atoms with van der Waals surface area (Å²) in [4.78, 5) is 26.3. The van der Waals surface area contributed by atoms with Crippen LogP contribution < -0.4 is 16.6 Å². The molecule has 0 spiro atoms. The van der Waals surface area contributed by atoms with Crippen molar-refractivity contribution in [3.8, 4) is 0 Å². The lowest BCUT2D eigenvalue weighted by Crippen LogP contribution is -2.41. The molecule has 2 aromatic rings. The molecule has 1 aliphatic heterocycles. The summed E-state index contributed by atoms with van der Waals surface area (Å²) in [7, 11) is 0. The van der Waals surface area contributed by atoms with Gasteiger partial charge in [0.1, 0.15) is 5.82 Å². The van der Waals surface area contributed by atoms with Gasteiger partial charge in [-0.15, -0.1) is 0 Å². The van der Waals surface area contributed by atoms with Crippen LogP contribution in [0.1, 0.15) is 23.6 Å². The van der Waals surface area contributed by atoms with Crippen LogP contribution in [0.15, 0.2) is 27.8 Å². The molecule has 2 N–H and O–H groups in total. The van der Waals surface area contributed by atoms with Crippen LogP contribution in [0.25, 0.3) is 0 Å². The second-order valence-corrected chi connectivity index (χ2v) is 5.50. The molecule has 0 unspecified atom stereocenters. The van der Waals surface area contributed by atoms with Gasteiger partial charge in [0.05, 0.1) is 18.2 Å². The van der Waals surface area contributed by atoms with E-state index < -0.39 is 41.9 Å². The molecule has 24 heavy (non-hydrogen) atoms. The third kappa shape index (κ3) is 2.93. The Bertz CT molecular complexity index is 891. The minimum absolute atomic E-state index is 0.122. The fraction of sp³-hybridized carbons (Fsp3) is 0.333. The number of nitrogens with zero attached hydrogens (tertiary/aromatic N) is 1. The molecule has 3 rings (SSSR count). The van der Waals surface area contributed by atoms with Gasteiger partial charge in [-0.1, -0.05) is 6.07 Å². The summed E-state index contributed by atoms with van der Waals surface area (Å²) in [6.07, 6.45) is -2.24. The van der Waals surface area contributed by atoms with Crippen LogP contribution in [0, 0.1) is 11.6 Å². The number of aromatic nitrogens is 2. The van der Waals surface area contributed by atoms with Gasteiger partial charge in [-0.3, -0.25) is 14.3 Å². The first kappa shape index (κ1) is 16.3. The molecule has 9 heteroatoms. The van der Waals surface area contributed by atoms with Crippen molar-refractivity contribution < 1.29 is 17.6 Å². The Morgan fingerprint density at radius 3 is 2.62 bits per heavy atom. The van der Waals surface area contributed by atoms with Crippen molar-refractivity contribution in [3.05, 3.63) is 61.8 Å². The molecule has 1 aliphatic rings. The Labute approximate surface area is 132 Å². The molecule has 1 atom stereocenters. The average molecular weight is 343 g/mol. The molecule has 0 fully saturated rings. The highest BCUT2D eigenvalue weighted by Crippen LogP contribution is 2.29. The van der Waals surface area contributed by atoms with Crippen LogP contribution in [0.5, 0.6) is 0 Å². The fourth-order valence-electron chi connectivity index (χ4n) is 2.79. The summed E-state index contributed by atoms with van der Waals surface area (Å²) in [6, 6.07) is 2.99. The normalized spacial score (nSPS) is 16.8. The predicted molar refractivity (Wildman–Crippen MR) is 78.4 cm³/mol. The number of benzene rings is 1. The lowest BCUT2D eigenvalue weighted by Gasteiger charge is -2.27. The van der Waals surface area contributed by atoms with Crippen molar-refractivity contribution in [1.82, 2.24) is 9.55 Å². The Morgan fingerprint density at radius 2 is 1.96 bits per heavy atom. The van der Waals surface area contributed by atoms with E-state index in [1.807, 2.05) is 0 Å². The molecule has 1 aromatic carbocycles. The summed E-state index contributed by atoms with van der Waals surface area (Å²) in [6.45, 7) is -0.978. The quantitative estimate of drug-likeness (QED) is 0.840. The van der Waals surface area contributed by atoms with Crippen LogP contribution in [-0.4, -0.2) is 16.0 Å². The van der Waals surface area contributed by atoms with E-state index in [1.165, 1.54) is 6.07 Å². The summed E-state index contributed by atoms with van der Waals surface area (Å²) in [5.74, 6) is -1.85. The van der Waals surface area contributed by atoms with E-state index >= 15 is 0 Å². The van der Waals surface area contributed by atoms with Crippen LogP contribution in [0.3, 0.4) is 0 Å². The van der Waals surface area contributed by atoms with Crippen molar-refractivity contribution in [2.24, 2.45) is 0 Å². The predicted octanol–water partition coefficient (Wildman–Crippen LogP) is 2.18. The second kappa shape index (κ2) is 6.14. The summed E-state index contributed by atoms with van der Waals surface area (Å²) in [5.41, 5.74) is -1.07. The maximum absolute atomic E-state index is 13.3. The van der Waals surface area contributed by atoms with Gasteiger partial charge in [0.25, 0.3) is 12.0 Å². The lowest BCUT2D eigenvalue weighted by atomic mass is 9.95. The van der Waals surface area contributed by atoms with Crippen LogP contribution in [0.2, 0.25) is 0 Å². The zero-order valence-corrected chi connectivity index (χ0v) is 12.3. The van der Waals surface area contributed by atoms with E-state index in [-0.39, 0.29) is 17.8 Å². The molecule has 0 saturated heterocycles. The van der Waals surface area contributed by atoms with Gasteiger partial charge in [-0.2, -0.15) is 0 Å². The van der Waals surface area contributed by atoms with Crippen molar-refractivity contribution in [3.63, 3.8) is 0 Å². The monoisotopic (exact) mass is 343 g/mol. The number of rotatable bonds is 3. The van der Waals surface area contributed by atoms with Crippen LogP contribution in [-0.2, 0) is 13.0 Å². The summed E-state index contributed by atoms with van der Waals surface area (Å²) >= 11 is 0. The number of nitrogens with one attached hydrogen (secondary N) is 2. The Balaban J connectivity index is 1.95. The maximum Gasteiger partial charge on any atom is 0.330 e. The highest BCUT2D eigenvalue weighted by atomic mass is 19.3. The Kier molecular flexibility index (Phi) is 4.16. The zero-order valence-electron chi connectivity index (χ0n) is 12.3. The molecule has 5 nitrogen and oxygen atoms in total. The van der Waals surface area contributed by atoms with Gasteiger partial charge in [-0.05, 0) is 30.5 Å². The molecule has 128 valence electrons. The van der Waals surface area contributed by atoms with Gasteiger partial charge in [0.2, 0.25) is 0 Å². The van der Waals surface area contributed by atoms with Gasteiger partial charge in [0.15, 0.2) is 11.6 Å². The highest BCUT2D eigenvalue weighted by molar-refractivity contribution is 5.47. The molecule has 0 aliphatic carbocycles. The highest BCUT2D eigenvalue weighted by Gasteiger charge is 2.25. The average Bonchev–Trinajstić information content (AvgIpc) is 2.53. The van der Waals surface area contributed by atoms with E-state index in [1.54, 1.807) is 0 Å². The van der Waals surface area contributed by atoms with E-state index in [0.717, 1.165) is 12.1 Å². The molecule has 1 aromatic heterocycles. The molecule has 0 radical (unpaired) electrons. The number of aromatic amines is 1. The Hall–Kier alpha value is -2.58. The van der Waals surface area contributed by atoms with Crippen LogP contribution in [0.4, 0.5) is 23.4 Å². The first-order valence-electron chi connectivity index (χ1n) is 7.22. The SMILES string of the molecule is O=c1[nH]c2c(c(=O)n1CC(F)F)CC[C@H](c1ccc(F)c(F)c1)N2. The van der Waals surface area contributed by atoms with Crippen LogP contribution >= 0.6 is 0 Å². The van der Waals surface area contributed by atoms with E-state index in [0.29, 0.717) is 16.6 Å². The summed E-state index contributed by atoms with van der Waals surface area (Å²) in [5, 5.41) is 2.88. The van der Waals surface area contributed by atoms with Gasteiger partial charge >= 0.3 is 5.69 Å². The number of fused-ring (bicyclic) bond motifs is 1. The molecule has 0 saturated carbocycles. The minimum atomic E-state index is -2.83. The third-order valence-electron chi connectivity index (χ3n) is 3.95. The number of alkyl halides is 2. The standard InChI is InChI=1S/C15H13F4N3O2/c16-9-3-1-7(5-10(9)17)11-4-2-8-13(20-11)21-15(24)22(14(8)23)6-12(18)19/h1,3,5,11-12,20H,2,4,6H2,(H,21,24)/t11-/m1/s1. The minimum Gasteiger partial charge on any atom is -0.364 e. The largest absolute Gasteiger partial charge is 0.364 e. The number of H-pyrrole nitrogens is 1. The smallest absolute Gasteiger partial charge is 0.330 e. The number of hydrogen-bond acceptors (Lipinski definition) is 3. The number of halogens is 4. The van der Waals surface area contributed by atoms with E-state index in [9.17, 15) is 27.2 Å². The first-order chi connectivity index (χ1) is 11.4. The van der Waals surface area contributed by atoms with E-state index in [4.69, 9.17) is 0 Å². The lowest BCUT2D eigenvalue weighted by molar-refractivity contribution is 0.123. The number of anilines is 1.